The van der Waals surface area contributed by atoms with E-state index in [1.54, 1.807) is 0 Å². The average molecular weight is 447 g/mol. The molecule has 0 saturated heterocycles. The first-order valence-electron chi connectivity index (χ1n) is 9.78. The van der Waals surface area contributed by atoms with Crippen molar-refractivity contribution in [3.05, 3.63) is 0 Å². The Hall–Kier alpha value is -1.59. The largest absolute Gasteiger partial charge is 0.396 e. The SMILES string of the molecule is CC(C)(C)CCO.CC(C)CCO.O=C=O.O=C=O.O=C=O.[3H]CCC(C)(C)C.[3H]S. The normalized spacial score (nSPS) is 8.97. The maximum absolute atomic E-state index is 8.40. The van der Waals surface area contributed by atoms with Gasteiger partial charge in [-0.1, -0.05) is 68.7 Å². The lowest BCUT2D eigenvalue weighted by Crippen LogP contribution is -2.06. The minimum Gasteiger partial charge on any atom is -0.396 e. The summed E-state index contributed by atoms with van der Waals surface area (Å²) in [6.45, 7) is 18.2. The topological polar surface area (TPSA) is 143 Å². The fraction of sp³-hybridized carbons (Fsp3) is 0.850. The molecule has 0 spiro atoms. The maximum atomic E-state index is 8.40. The van der Waals surface area contributed by atoms with Crippen molar-refractivity contribution in [3.8, 4) is 0 Å². The molecule has 0 bridgehead atoms. The number of aliphatic hydroxyl groups is 2. The van der Waals surface area contributed by atoms with Gasteiger partial charge in [0.15, 0.2) is 0 Å². The molecule has 0 aromatic carbocycles. The molecule has 176 valence electrons. The summed E-state index contributed by atoms with van der Waals surface area (Å²) in [5, 5.41) is 16.6. The van der Waals surface area contributed by atoms with E-state index in [1.165, 1.54) is 0 Å². The molecule has 0 saturated carbocycles. The Balaban J connectivity index is -0.0000000455. The summed E-state index contributed by atoms with van der Waals surface area (Å²) < 4.78 is 12.3. The molecule has 2 N–H and O–H groups in total. The molecule has 0 aliphatic carbocycles. The summed E-state index contributed by atoms with van der Waals surface area (Å²) in [5.41, 5.74) is 0.663. The van der Waals surface area contributed by atoms with Crippen molar-refractivity contribution in [3.63, 3.8) is 0 Å². The van der Waals surface area contributed by atoms with E-state index in [1.807, 2.05) is 0 Å². The van der Waals surface area contributed by atoms with Gasteiger partial charge in [0.25, 0.3) is 0 Å². The van der Waals surface area contributed by atoms with Crippen LogP contribution in [0.4, 0.5) is 0 Å². The van der Waals surface area contributed by atoms with Crippen molar-refractivity contribution in [1.29, 1.82) is 1.12 Å². The molecule has 29 heavy (non-hydrogen) atoms. The Morgan fingerprint density at radius 1 is 0.793 bits per heavy atom. The van der Waals surface area contributed by atoms with E-state index in [0.29, 0.717) is 36.9 Å². The summed E-state index contributed by atoms with van der Waals surface area (Å²) in [7, 11) is 0. The lowest BCUT2D eigenvalue weighted by atomic mass is 9.93. The number of rotatable bonds is 3. The van der Waals surface area contributed by atoms with Crippen LogP contribution in [-0.2, 0) is 28.8 Å². The molecule has 0 unspecified atom stereocenters. The van der Waals surface area contributed by atoms with Crippen molar-refractivity contribution in [2.45, 2.75) is 81.6 Å². The van der Waals surface area contributed by atoms with Gasteiger partial charge in [-0.15, -0.1) is 0 Å². The van der Waals surface area contributed by atoms with Crippen molar-refractivity contribution in [2.75, 3.05) is 13.2 Å². The monoisotopic (exact) mass is 446 g/mol. The molecular formula is C20H42O8S. The van der Waals surface area contributed by atoms with Crippen LogP contribution < -0.4 is 0 Å². The average Bonchev–Trinajstić information content (AvgIpc) is 2.57. The predicted molar refractivity (Wildman–Crippen MR) is 113 cm³/mol. The Morgan fingerprint density at radius 3 is 1.10 bits per heavy atom. The zero-order valence-electron chi connectivity index (χ0n) is 21.1. The van der Waals surface area contributed by atoms with Gasteiger partial charge < -0.3 is 10.2 Å². The number of carbonyl (C=O) groups excluding carboxylic acids is 6. The highest BCUT2D eigenvalue weighted by atomic mass is 32.1. The first-order chi connectivity index (χ1) is 14.1. The Morgan fingerprint density at radius 2 is 1.10 bits per heavy atom. The summed E-state index contributed by atoms with van der Waals surface area (Å²) >= 11 is 2.78. The summed E-state index contributed by atoms with van der Waals surface area (Å²) in [5.74, 6) is 0.648. The summed E-state index contributed by atoms with van der Waals surface area (Å²) in [6.07, 6.45) is 3.58. The van der Waals surface area contributed by atoms with Crippen LogP contribution in [0.1, 0.15) is 82.9 Å². The standard InChI is InChI=1S/C6H14O.C6H14.C5H12O.3CO2.H2S/c1-6(2,3)4-5-7;1-5-6(2,3)4;1-5(2)3-4-6;3*2-1-3;/h7H,4-5H2,1-3H3;5H2,1-4H3;5-6H,3-4H2,1-2H3;;;;1H2/i;1T;;;;;/hT. The van der Waals surface area contributed by atoms with E-state index in [9.17, 15) is 0 Å². The molecular weight excluding hydrogens is 400 g/mol. The van der Waals surface area contributed by atoms with Gasteiger partial charge in [0, 0.05) is 14.6 Å². The summed E-state index contributed by atoms with van der Waals surface area (Å²) in [4.78, 5) is 48.8. The van der Waals surface area contributed by atoms with Crippen LogP contribution in [0.15, 0.2) is 0 Å². The van der Waals surface area contributed by atoms with E-state index in [-0.39, 0.29) is 18.5 Å². The number of aliphatic hydroxyl groups excluding tert-OH is 2. The lowest BCUT2D eigenvalue weighted by Gasteiger charge is -2.14. The minimum atomic E-state index is 0.250. The van der Waals surface area contributed by atoms with Gasteiger partial charge in [-0.2, -0.15) is 42.2 Å². The Labute approximate surface area is 185 Å². The van der Waals surface area contributed by atoms with Crippen molar-refractivity contribution < 1.29 is 40.4 Å². The van der Waals surface area contributed by atoms with Crippen LogP contribution in [0.25, 0.3) is 0 Å². The van der Waals surface area contributed by atoms with Gasteiger partial charge in [-0.05, 0) is 29.6 Å². The van der Waals surface area contributed by atoms with Gasteiger partial charge in [-0.25, -0.2) is 0 Å². The molecule has 0 aliphatic heterocycles. The van der Waals surface area contributed by atoms with Crippen LogP contribution in [0.2, 0.25) is 0 Å². The van der Waals surface area contributed by atoms with Crippen molar-refractivity contribution in [1.82, 2.24) is 0 Å². The molecule has 0 aliphatic rings. The van der Waals surface area contributed by atoms with Gasteiger partial charge in [-0.3, -0.25) is 0 Å². The minimum absolute atomic E-state index is 0.250. The Bertz CT molecular complexity index is 358. The molecule has 9 heteroatoms. The first kappa shape index (κ1) is 38.1. The van der Waals surface area contributed by atoms with Crippen LogP contribution in [0.3, 0.4) is 0 Å². The quantitative estimate of drug-likeness (QED) is 0.672. The van der Waals surface area contributed by atoms with Gasteiger partial charge in [0.2, 0.25) is 0 Å². The molecule has 0 radical (unpaired) electrons. The Kier molecular flexibility index (Phi) is 48.8. The van der Waals surface area contributed by atoms with Crippen molar-refractivity contribution in [2.24, 2.45) is 16.7 Å². The lowest BCUT2D eigenvalue weighted by molar-refractivity contribution is -0.193. The van der Waals surface area contributed by atoms with E-state index in [2.05, 4.69) is 68.8 Å². The highest BCUT2D eigenvalue weighted by Gasteiger charge is 2.06. The smallest absolute Gasteiger partial charge is 0.373 e. The molecule has 8 nitrogen and oxygen atoms in total. The predicted octanol–water partition coefficient (Wildman–Crippen LogP) is 3.24. The third kappa shape index (κ3) is 222. The van der Waals surface area contributed by atoms with E-state index in [4.69, 9.17) is 41.5 Å². The van der Waals surface area contributed by atoms with E-state index in [0.717, 1.165) is 19.3 Å². The third-order valence-corrected chi connectivity index (χ3v) is 2.32. The fourth-order valence-corrected chi connectivity index (χ4v) is 0.594. The fourth-order valence-electron chi connectivity index (χ4n) is 0.594. The zero-order chi connectivity index (χ0) is 26.9. The second-order valence-electron chi connectivity index (χ2n) is 8.00. The molecule has 0 amide bonds. The van der Waals surface area contributed by atoms with Crippen molar-refractivity contribution >= 4 is 31.9 Å². The third-order valence-electron chi connectivity index (χ3n) is 2.32. The highest BCUT2D eigenvalue weighted by molar-refractivity contribution is 7.59. The first-order valence-corrected chi connectivity index (χ1v) is 8.63. The molecule has 0 heterocycles. The van der Waals surface area contributed by atoms with E-state index >= 15 is 0 Å². The molecule has 0 aromatic rings. The second-order valence-corrected chi connectivity index (χ2v) is 8.00. The van der Waals surface area contributed by atoms with Crippen LogP contribution >= 0.6 is 13.4 Å². The summed E-state index contributed by atoms with van der Waals surface area (Å²) in [6, 6.07) is 0. The molecule has 0 rings (SSSR count). The molecule has 0 aromatic heterocycles. The van der Waals surface area contributed by atoms with E-state index < -0.39 is 0 Å². The van der Waals surface area contributed by atoms with Crippen LogP contribution in [0.5, 0.6) is 0 Å². The zero-order valence-corrected chi connectivity index (χ0v) is 20.0. The van der Waals surface area contributed by atoms with Gasteiger partial charge >= 0.3 is 18.5 Å². The second kappa shape index (κ2) is 37.2. The van der Waals surface area contributed by atoms with Crippen LogP contribution in [-0.4, -0.2) is 43.0 Å². The molecule has 0 fully saturated rings. The number of hydrogen-bond donors (Lipinski definition) is 2. The highest BCUT2D eigenvalue weighted by Crippen LogP contribution is 2.16. The van der Waals surface area contributed by atoms with Gasteiger partial charge in [0.05, 0.1) is 1.12 Å². The van der Waals surface area contributed by atoms with Gasteiger partial charge in [0.1, 0.15) is 0 Å². The molecule has 0 atom stereocenters. The number of hydrogen-bond acceptors (Lipinski definition) is 8. The maximum Gasteiger partial charge on any atom is 0.373 e. The van der Waals surface area contributed by atoms with Crippen LogP contribution in [0, 0.1) is 16.7 Å².